The molecule has 0 saturated carbocycles. The van der Waals surface area contributed by atoms with Gasteiger partial charge < -0.3 is 10.4 Å². The highest BCUT2D eigenvalue weighted by Crippen LogP contribution is 2.18. The van der Waals surface area contributed by atoms with Gasteiger partial charge in [0.1, 0.15) is 5.75 Å². The van der Waals surface area contributed by atoms with Crippen LogP contribution in [0.3, 0.4) is 0 Å². The molecule has 0 spiro atoms. The molecule has 0 amide bonds. The third kappa shape index (κ3) is 3.36. The fraction of sp³-hybridized carbons (Fsp3) is 0.455. The van der Waals surface area contributed by atoms with Crippen LogP contribution in [0.5, 0.6) is 5.75 Å². The standard InChI is InChI=1S/C11H17NO/c1-3-4-5-12-10-6-9(2)7-11(13)8-10/h6-8,12-13H,3-5H2,1-2H3. The van der Waals surface area contributed by atoms with Crippen molar-refractivity contribution in [2.24, 2.45) is 0 Å². The van der Waals surface area contributed by atoms with Gasteiger partial charge in [-0.05, 0) is 31.0 Å². The van der Waals surface area contributed by atoms with Crippen molar-refractivity contribution >= 4 is 5.69 Å². The Hall–Kier alpha value is -1.18. The summed E-state index contributed by atoms with van der Waals surface area (Å²) in [5.41, 5.74) is 2.09. The van der Waals surface area contributed by atoms with Crippen molar-refractivity contribution in [2.75, 3.05) is 11.9 Å². The molecule has 2 nitrogen and oxygen atoms in total. The van der Waals surface area contributed by atoms with Crippen LogP contribution in [-0.2, 0) is 0 Å². The minimum atomic E-state index is 0.332. The summed E-state index contributed by atoms with van der Waals surface area (Å²) in [6.07, 6.45) is 2.35. The van der Waals surface area contributed by atoms with Crippen LogP contribution >= 0.6 is 0 Å². The molecule has 0 aliphatic rings. The van der Waals surface area contributed by atoms with Crippen LogP contribution in [0, 0.1) is 6.92 Å². The Morgan fingerprint density at radius 3 is 2.69 bits per heavy atom. The summed E-state index contributed by atoms with van der Waals surface area (Å²) in [6, 6.07) is 5.54. The molecule has 0 saturated heterocycles. The molecule has 0 atom stereocenters. The van der Waals surface area contributed by atoms with Gasteiger partial charge in [-0.1, -0.05) is 13.3 Å². The Balaban J connectivity index is 2.56. The molecule has 72 valence electrons. The van der Waals surface area contributed by atoms with E-state index in [9.17, 15) is 5.11 Å². The first-order valence-electron chi connectivity index (χ1n) is 4.77. The van der Waals surface area contributed by atoms with Crippen LogP contribution in [0.4, 0.5) is 5.69 Å². The predicted octanol–water partition coefficient (Wildman–Crippen LogP) is 2.91. The van der Waals surface area contributed by atoms with Gasteiger partial charge >= 0.3 is 0 Å². The number of hydrogen-bond acceptors (Lipinski definition) is 2. The topological polar surface area (TPSA) is 32.3 Å². The Labute approximate surface area is 79.6 Å². The van der Waals surface area contributed by atoms with Crippen LogP contribution < -0.4 is 5.32 Å². The molecule has 1 rings (SSSR count). The monoisotopic (exact) mass is 179 g/mol. The second-order valence-corrected chi connectivity index (χ2v) is 3.34. The highest BCUT2D eigenvalue weighted by Gasteiger charge is 1.95. The summed E-state index contributed by atoms with van der Waals surface area (Å²) in [4.78, 5) is 0. The van der Waals surface area contributed by atoms with Crippen molar-refractivity contribution in [1.29, 1.82) is 0 Å². The summed E-state index contributed by atoms with van der Waals surface area (Å²) < 4.78 is 0. The summed E-state index contributed by atoms with van der Waals surface area (Å²) in [5.74, 6) is 0.332. The Bertz CT molecular complexity index is 251. The van der Waals surface area contributed by atoms with Crippen LogP contribution in [-0.4, -0.2) is 11.7 Å². The van der Waals surface area contributed by atoms with E-state index in [1.807, 2.05) is 13.0 Å². The maximum Gasteiger partial charge on any atom is 0.117 e. The molecule has 0 aliphatic heterocycles. The average molecular weight is 179 g/mol. The van der Waals surface area contributed by atoms with Crippen molar-refractivity contribution < 1.29 is 5.11 Å². The van der Waals surface area contributed by atoms with Gasteiger partial charge in [-0.2, -0.15) is 0 Å². The number of benzene rings is 1. The molecule has 0 heterocycles. The molecule has 13 heavy (non-hydrogen) atoms. The number of hydrogen-bond donors (Lipinski definition) is 2. The summed E-state index contributed by atoms with van der Waals surface area (Å²) in [6.45, 7) is 5.11. The molecule has 0 aliphatic carbocycles. The van der Waals surface area contributed by atoms with E-state index in [1.54, 1.807) is 12.1 Å². The molecule has 2 heteroatoms. The molecule has 1 aromatic carbocycles. The molecule has 0 fully saturated rings. The first-order valence-corrected chi connectivity index (χ1v) is 4.77. The normalized spacial score (nSPS) is 10.0. The van der Waals surface area contributed by atoms with E-state index in [2.05, 4.69) is 12.2 Å². The first kappa shape index (κ1) is 9.90. The lowest BCUT2D eigenvalue weighted by molar-refractivity contribution is 0.475. The van der Waals surface area contributed by atoms with E-state index in [-0.39, 0.29) is 0 Å². The number of anilines is 1. The molecular formula is C11H17NO. The number of phenolic OH excluding ortho intramolecular Hbond substituents is 1. The van der Waals surface area contributed by atoms with Gasteiger partial charge in [-0.15, -0.1) is 0 Å². The van der Waals surface area contributed by atoms with Crippen molar-refractivity contribution in [1.82, 2.24) is 0 Å². The number of aryl methyl sites for hydroxylation is 1. The van der Waals surface area contributed by atoms with Gasteiger partial charge in [0.25, 0.3) is 0 Å². The second-order valence-electron chi connectivity index (χ2n) is 3.34. The molecule has 0 radical (unpaired) electrons. The lowest BCUT2D eigenvalue weighted by Crippen LogP contribution is -2.00. The van der Waals surface area contributed by atoms with E-state index < -0.39 is 0 Å². The average Bonchev–Trinajstić information content (AvgIpc) is 2.03. The number of rotatable bonds is 4. The van der Waals surface area contributed by atoms with E-state index in [0.717, 1.165) is 24.2 Å². The quantitative estimate of drug-likeness (QED) is 0.696. The third-order valence-electron chi connectivity index (χ3n) is 1.92. The van der Waals surface area contributed by atoms with E-state index >= 15 is 0 Å². The molecule has 1 aromatic rings. The SMILES string of the molecule is CCCCNc1cc(C)cc(O)c1. The lowest BCUT2D eigenvalue weighted by atomic mass is 10.2. The summed E-state index contributed by atoms with van der Waals surface area (Å²) >= 11 is 0. The van der Waals surface area contributed by atoms with Crippen LogP contribution in [0.2, 0.25) is 0 Å². The second kappa shape index (κ2) is 4.75. The predicted molar refractivity (Wildman–Crippen MR) is 56.2 cm³/mol. The molecule has 0 aromatic heterocycles. The zero-order valence-corrected chi connectivity index (χ0v) is 8.30. The van der Waals surface area contributed by atoms with Crippen molar-refractivity contribution in [3.63, 3.8) is 0 Å². The van der Waals surface area contributed by atoms with E-state index in [0.29, 0.717) is 5.75 Å². The fourth-order valence-electron chi connectivity index (χ4n) is 1.27. The zero-order valence-electron chi connectivity index (χ0n) is 8.30. The number of phenols is 1. The minimum absolute atomic E-state index is 0.332. The lowest BCUT2D eigenvalue weighted by Gasteiger charge is -2.06. The van der Waals surface area contributed by atoms with Crippen molar-refractivity contribution in [2.45, 2.75) is 26.7 Å². The minimum Gasteiger partial charge on any atom is -0.508 e. The Morgan fingerprint density at radius 2 is 2.08 bits per heavy atom. The maximum atomic E-state index is 9.31. The van der Waals surface area contributed by atoms with E-state index in [4.69, 9.17) is 0 Å². The van der Waals surface area contributed by atoms with Crippen molar-refractivity contribution in [3.05, 3.63) is 23.8 Å². The van der Waals surface area contributed by atoms with Crippen LogP contribution in [0.1, 0.15) is 25.3 Å². The fourth-order valence-corrected chi connectivity index (χ4v) is 1.27. The molecule has 2 N–H and O–H groups in total. The third-order valence-corrected chi connectivity index (χ3v) is 1.92. The van der Waals surface area contributed by atoms with Crippen LogP contribution in [0.15, 0.2) is 18.2 Å². The highest BCUT2D eigenvalue weighted by molar-refractivity contribution is 5.50. The van der Waals surface area contributed by atoms with Gasteiger partial charge in [0.2, 0.25) is 0 Å². The van der Waals surface area contributed by atoms with Gasteiger partial charge in [0, 0.05) is 18.3 Å². The highest BCUT2D eigenvalue weighted by atomic mass is 16.3. The van der Waals surface area contributed by atoms with Gasteiger partial charge in [-0.25, -0.2) is 0 Å². The largest absolute Gasteiger partial charge is 0.508 e. The summed E-state index contributed by atoms with van der Waals surface area (Å²) in [7, 11) is 0. The van der Waals surface area contributed by atoms with Crippen LogP contribution in [0.25, 0.3) is 0 Å². The summed E-state index contributed by atoms with van der Waals surface area (Å²) in [5, 5.41) is 12.6. The first-order chi connectivity index (χ1) is 6.22. The smallest absolute Gasteiger partial charge is 0.117 e. The van der Waals surface area contributed by atoms with Gasteiger partial charge in [0.05, 0.1) is 0 Å². The zero-order chi connectivity index (χ0) is 9.68. The number of aromatic hydroxyl groups is 1. The molecule has 0 bridgehead atoms. The molecule has 0 unspecified atom stereocenters. The maximum absolute atomic E-state index is 9.31. The van der Waals surface area contributed by atoms with E-state index in [1.165, 1.54) is 6.42 Å². The number of nitrogens with one attached hydrogen (secondary N) is 1. The van der Waals surface area contributed by atoms with Crippen molar-refractivity contribution in [3.8, 4) is 5.75 Å². The molecular weight excluding hydrogens is 162 g/mol. The Kier molecular flexibility index (Phi) is 3.62. The Morgan fingerprint density at radius 1 is 1.31 bits per heavy atom. The van der Waals surface area contributed by atoms with Gasteiger partial charge in [-0.3, -0.25) is 0 Å². The van der Waals surface area contributed by atoms with Gasteiger partial charge in [0.15, 0.2) is 0 Å². The number of unbranched alkanes of at least 4 members (excludes halogenated alkanes) is 1.